The van der Waals surface area contributed by atoms with Gasteiger partial charge in [-0.25, -0.2) is 13.2 Å². The minimum absolute atomic E-state index is 0.0149. The number of nitrogens with zero attached hydrogens (tertiary/aromatic N) is 3. The quantitative estimate of drug-likeness (QED) is 0.389. The number of halogens is 3. The van der Waals surface area contributed by atoms with Crippen molar-refractivity contribution in [3.63, 3.8) is 0 Å². The van der Waals surface area contributed by atoms with Crippen LogP contribution < -0.4 is 0 Å². The number of carboxylic acids is 1. The van der Waals surface area contributed by atoms with Crippen LogP contribution in [0.2, 0.25) is 0 Å². The Hall–Kier alpha value is -2.45. The summed E-state index contributed by atoms with van der Waals surface area (Å²) >= 11 is 0. The summed E-state index contributed by atoms with van der Waals surface area (Å²) < 4.78 is 43.4. The van der Waals surface area contributed by atoms with Gasteiger partial charge < -0.3 is 14.9 Å². The van der Waals surface area contributed by atoms with Gasteiger partial charge in [-0.05, 0) is 86.9 Å². The molecule has 1 saturated carbocycles. The molecule has 0 amide bonds. The lowest BCUT2D eigenvalue weighted by molar-refractivity contribution is -0.149. The molecule has 0 radical (unpaired) electrons. The summed E-state index contributed by atoms with van der Waals surface area (Å²) in [5.41, 5.74) is 0.294. The SMILES string of the molecule is O=C(O)C1(CN2C[C@H](CN3CCC(CCC(F)(F)c4cccnc4)CC3)[C@@H](c3cccc(F)c3)C2)CCCC1. The van der Waals surface area contributed by atoms with Gasteiger partial charge in [0.25, 0.3) is 5.92 Å². The highest BCUT2D eigenvalue weighted by atomic mass is 19.3. The van der Waals surface area contributed by atoms with Crippen LogP contribution in [0.4, 0.5) is 13.2 Å². The molecule has 2 aromatic rings. The minimum Gasteiger partial charge on any atom is -0.481 e. The van der Waals surface area contributed by atoms with Gasteiger partial charge in [0.15, 0.2) is 0 Å². The fourth-order valence-electron chi connectivity index (χ4n) is 7.21. The highest BCUT2D eigenvalue weighted by Gasteiger charge is 2.45. The number of aliphatic carboxylic acids is 1. The summed E-state index contributed by atoms with van der Waals surface area (Å²) in [5.74, 6) is -3.10. The topological polar surface area (TPSA) is 56.7 Å². The van der Waals surface area contributed by atoms with E-state index >= 15 is 0 Å². The highest BCUT2D eigenvalue weighted by molar-refractivity contribution is 5.75. The molecule has 1 N–H and O–H groups in total. The van der Waals surface area contributed by atoms with Crippen molar-refractivity contribution in [2.24, 2.45) is 17.3 Å². The molecule has 1 aliphatic carbocycles. The summed E-state index contributed by atoms with van der Waals surface area (Å²) in [6, 6.07) is 9.83. The van der Waals surface area contributed by atoms with Gasteiger partial charge in [0.2, 0.25) is 0 Å². The van der Waals surface area contributed by atoms with E-state index in [1.807, 2.05) is 6.07 Å². The Morgan fingerprint density at radius 3 is 2.51 bits per heavy atom. The zero-order chi connectivity index (χ0) is 27.5. The van der Waals surface area contributed by atoms with E-state index in [1.165, 1.54) is 24.5 Å². The Morgan fingerprint density at radius 2 is 1.85 bits per heavy atom. The molecule has 8 heteroatoms. The normalized spacial score (nSPS) is 24.8. The number of benzene rings is 1. The number of pyridine rings is 1. The largest absolute Gasteiger partial charge is 0.481 e. The van der Waals surface area contributed by atoms with Crippen LogP contribution in [-0.2, 0) is 10.7 Å². The number of likely N-dealkylation sites (tertiary alicyclic amines) is 2. The first kappa shape index (κ1) is 28.1. The number of hydrogen-bond acceptors (Lipinski definition) is 4. The van der Waals surface area contributed by atoms with Crippen molar-refractivity contribution in [3.05, 3.63) is 65.7 Å². The smallest absolute Gasteiger partial charge is 0.310 e. The van der Waals surface area contributed by atoms with Gasteiger partial charge in [-0.2, -0.15) is 0 Å². The summed E-state index contributed by atoms with van der Waals surface area (Å²) in [7, 11) is 0. The predicted octanol–water partition coefficient (Wildman–Crippen LogP) is 6.17. The third-order valence-corrected chi connectivity index (χ3v) is 9.48. The molecule has 5 rings (SSSR count). The maximum absolute atomic E-state index is 14.6. The van der Waals surface area contributed by atoms with E-state index < -0.39 is 17.3 Å². The standard InChI is InChI=1S/C31H40F3N3O2/c32-27-7-3-5-24(17-27)28-21-37(22-30(29(38)39)11-1-2-12-30)20-25(28)19-36-15-9-23(10-16-36)8-13-31(33,34)26-6-4-14-35-18-26/h3-7,14,17-18,23,25,28H,1-2,8-13,15-16,19-22H2,(H,38,39)/t25-,28+/m0/s1. The van der Waals surface area contributed by atoms with E-state index in [-0.39, 0.29) is 35.6 Å². The lowest BCUT2D eigenvalue weighted by atomic mass is 9.85. The fourth-order valence-corrected chi connectivity index (χ4v) is 7.21. The van der Waals surface area contributed by atoms with Gasteiger partial charge in [0, 0.05) is 56.5 Å². The van der Waals surface area contributed by atoms with Gasteiger partial charge >= 0.3 is 5.97 Å². The van der Waals surface area contributed by atoms with Gasteiger partial charge in [-0.15, -0.1) is 0 Å². The number of carbonyl (C=O) groups is 1. The van der Waals surface area contributed by atoms with E-state index in [2.05, 4.69) is 14.8 Å². The van der Waals surface area contributed by atoms with Crippen molar-refractivity contribution in [3.8, 4) is 0 Å². The van der Waals surface area contributed by atoms with E-state index in [0.717, 1.165) is 76.8 Å². The third kappa shape index (κ3) is 6.65. The number of rotatable bonds is 10. The van der Waals surface area contributed by atoms with Crippen molar-refractivity contribution in [1.82, 2.24) is 14.8 Å². The first-order valence-corrected chi connectivity index (χ1v) is 14.5. The van der Waals surface area contributed by atoms with E-state index in [9.17, 15) is 23.1 Å². The highest BCUT2D eigenvalue weighted by Crippen LogP contribution is 2.42. The Kier molecular flexibility index (Phi) is 8.62. The van der Waals surface area contributed by atoms with Crippen LogP contribution >= 0.6 is 0 Å². The van der Waals surface area contributed by atoms with Gasteiger partial charge in [0.05, 0.1) is 5.41 Å². The summed E-state index contributed by atoms with van der Waals surface area (Å²) in [6.45, 7) is 4.69. The first-order valence-electron chi connectivity index (χ1n) is 14.5. The predicted molar refractivity (Wildman–Crippen MR) is 144 cm³/mol. The number of piperidine rings is 1. The van der Waals surface area contributed by atoms with Crippen LogP contribution in [-0.4, -0.2) is 65.1 Å². The summed E-state index contributed by atoms with van der Waals surface area (Å²) in [4.78, 5) is 20.8. The van der Waals surface area contributed by atoms with Crippen LogP contribution in [0.5, 0.6) is 0 Å². The molecule has 2 saturated heterocycles. The first-order chi connectivity index (χ1) is 18.7. The number of alkyl halides is 2. The molecular weight excluding hydrogens is 503 g/mol. The zero-order valence-corrected chi connectivity index (χ0v) is 22.6. The van der Waals surface area contributed by atoms with Gasteiger partial charge in [0.1, 0.15) is 5.82 Å². The molecule has 0 bridgehead atoms. The number of carboxylic acid groups (broad SMARTS) is 1. The van der Waals surface area contributed by atoms with Crippen molar-refractivity contribution in [2.45, 2.75) is 63.2 Å². The van der Waals surface area contributed by atoms with Crippen molar-refractivity contribution in [1.29, 1.82) is 0 Å². The number of hydrogen-bond donors (Lipinski definition) is 1. The number of aromatic nitrogens is 1. The molecular formula is C31H40F3N3O2. The van der Waals surface area contributed by atoms with E-state index in [0.29, 0.717) is 13.0 Å². The molecule has 3 fully saturated rings. The van der Waals surface area contributed by atoms with Crippen molar-refractivity contribution >= 4 is 5.97 Å². The fraction of sp³-hybridized carbons (Fsp3) is 0.613. The molecule has 212 valence electrons. The van der Waals surface area contributed by atoms with Crippen molar-refractivity contribution < 1.29 is 23.1 Å². The summed E-state index contributed by atoms with van der Waals surface area (Å²) in [6.07, 6.45) is 8.26. The van der Waals surface area contributed by atoms with Crippen LogP contribution in [0, 0.1) is 23.1 Å². The molecule has 2 atom stereocenters. The van der Waals surface area contributed by atoms with E-state index in [1.54, 1.807) is 18.2 Å². The Morgan fingerprint density at radius 1 is 1.08 bits per heavy atom. The molecule has 3 aliphatic rings. The second-order valence-electron chi connectivity index (χ2n) is 12.1. The van der Waals surface area contributed by atoms with Crippen LogP contribution in [0.1, 0.15) is 68.4 Å². The lowest BCUT2D eigenvalue weighted by Crippen LogP contribution is -2.41. The second kappa shape index (κ2) is 12.0. The molecule has 2 aliphatic heterocycles. The second-order valence-corrected chi connectivity index (χ2v) is 12.1. The summed E-state index contributed by atoms with van der Waals surface area (Å²) in [5, 5.41) is 10.0. The van der Waals surface area contributed by atoms with Crippen LogP contribution in [0.25, 0.3) is 0 Å². The third-order valence-electron chi connectivity index (χ3n) is 9.48. The molecule has 0 spiro atoms. The average molecular weight is 544 g/mol. The van der Waals surface area contributed by atoms with Crippen molar-refractivity contribution in [2.75, 3.05) is 39.3 Å². The molecule has 0 unspecified atom stereocenters. The zero-order valence-electron chi connectivity index (χ0n) is 22.6. The molecule has 3 heterocycles. The van der Waals surface area contributed by atoms with E-state index in [4.69, 9.17) is 0 Å². The average Bonchev–Trinajstić information content (AvgIpc) is 3.57. The van der Waals surface area contributed by atoms with Gasteiger partial charge in [-0.3, -0.25) is 9.78 Å². The molecule has 1 aromatic heterocycles. The molecule has 39 heavy (non-hydrogen) atoms. The van der Waals surface area contributed by atoms with Crippen LogP contribution in [0.15, 0.2) is 48.8 Å². The van der Waals surface area contributed by atoms with Gasteiger partial charge in [-0.1, -0.05) is 25.0 Å². The Balaban J connectivity index is 1.18. The monoisotopic (exact) mass is 543 g/mol. The maximum Gasteiger partial charge on any atom is 0.310 e. The maximum atomic E-state index is 14.6. The molecule has 5 nitrogen and oxygen atoms in total. The Labute approximate surface area is 229 Å². The Bertz CT molecular complexity index is 1100. The van der Waals surface area contributed by atoms with Crippen LogP contribution in [0.3, 0.4) is 0 Å². The lowest BCUT2D eigenvalue weighted by Gasteiger charge is -2.35. The molecule has 1 aromatic carbocycles. The minimum atomic E-state index is -2.86.